The van der Waals surface area contributed by atoms with E-state index in [-0.39, 0.29) is 0 Å². The average Bonchev–Trinajstić information content (AvgIpc) is 3.06. The Bertz CT molecular complexity index is 660. The summed E-state index contributed by atoms with van der Waals surface area (Å²) in [6, 6.07) is 9.30. The van der Waals surface area contributed by atoms with Gasteiger partial charge in [-0.3, -0.25) is 0 Å². The van der Waals surface area contributed by atoms with Crippen molar-refractivity contribution in [2.75, 3.05) is 0 Å². The molecule has 5 rings (SSSR count). The van der Waals surface area contributed by atoms with E-state index in [9.17, 15) is 0 Å². The van der Waals surface area contributed by atoms with E-state index >= 15 is 0 Å². The summed E-state index contributed by atoms with van der Waals surface area (Å²) >= 11 is 0. The second kappa shape index (κ2) is 2.87. The van der Waals surface area contributed by atoms with Crippen LogP contribution in [0.4, 0.5) is 0 Å². The van der Waals surface area contributed by atoms with Crippen molar-refractivity contribution in [3.05, 3.63) is 47.3 Å². The van der Waals surface area contributed by atoms with Crippen molar-refractivity contribution >= 4 is 0 Å². The first kappa shape index (κ1) is 9.37. The van der Waals surface area contributed by atoms with Crippen LogP contribution < -0.4 is 4.68 Å². The molecule has 90 valence electrons. The minimum absolute atomic E-state index is 0.460. The van der Waals surface area contributed by atoms with Gasteiger partial charge in [0.2, 0.25) is 0 Å². The van der Waals surface area contributed by atoms with E-state index in [1.54, 1.807) is 5.56 Å². The monoisotopic (exact) mass is 237 g/mol. The maximum atomic E-state index is 2.47. The topological polar surface area (TPSA) is 8.81 Å². The zero-order chi connectivity index (χ0) is 11.7. The molecule has 0 unspecified atom stereocenters. The van der Waals surface area contributed by atoms with Crippen LogP contribution in [0.3, 0.4) is 0 Å². The highest BCUT2D eigenvalue weighted by molar-refractivity contribution is 5.55. The lowest BCUT2D eigenvalue weighted by Gasteiger charge is -2.34. The molecule has 3 heterocycles. The molecule has 2 aliphatic heterocycles. The molecule has 2 heteroatoms. The summed E-state index contributed by atoms with van der Waals surface area (Å²) in [6.07, 6.45) is 9.08. The number of fused-ring (bicyclic) bond motifs is 1. The molecule has 18 heavy (non-hydrogen) atoms. The van der Waals surface area contributed by atoms with Gasteiger partial charge in [-0.25, -0.2) is 0 Å². The number of hydrogen-bond donors (Lipinski definition) is 0. The number of nitrogens with zero attached hydrogens (tertiary/aromatic N) is 2. The van der Waals surface area contributed by atoms with Gasteiger partial charge in [0, 0.05) is 23.5 Å². The molecule has 0 amide bonds. The lowest BCUT2D eigenvalue weighted by molar-refractivity contribution is -0.752. The predicted octanol–water partition coefficient (Wildman–Crippen LogP) is 2.49. The van der Waals surface area contributed by atoms with Crippen LogP contribution in [0.15, 0.2) is 30.5 Å². The van der Waals surface area contributed by atoms with E-state index in [1.165, 1.54) is 49.0 Å². The van der Waals surface area contributed by atoms with Crippen molar-refractivity contribution in [3.8, 4) is 5.69 Å². The Kier molecular flexibility index (Phi) is 1.50. The maximum Gasteiger partial charge on any atom is 0.200 e. The molecule has 0 atom stereocenters. The SMILES string of the molecule is c1cc2c3c(c1)C1(CCCC1)Cc1cc[n+](n1-3)C2. The van der Waals surface area contributed by atoms with Crippen LogP contribution in [0.1, 0.15) is 42.5 Å². The molecule has 1 aromatic carbocycles. The largest absolute Gasteiger partial charge is 0.200 e. The number of benzene rings is 1. The summed E-state index contributed by atoms with van der Waals surface area (Å²) in [5.74, 6) is 0. The van der Waals surface area contributed by atoms with Crippen molar-refractivity contribution in [1.82, 2.24) is 4.68 Å². The van der Waals surface area contributed by atoms with Crippen molar-refractivity contribution in [3.63, 3.8) is 0 Å². The lowest BCUT2D eigenvalue weighted by Crippen LogP contribution is -2.41. The summed E-state index contributed by atoms with van der Waals surface area (Å²) in [7, 11) is 0. The molecule has 3 aliphatic rings. The molecule has 1 saturated carbocycles. The smallest absolute Gasteiger partial charge is 0.124 e. The highest BCUT2D eigenvalue weighted by atomic mass is 15.4. The van der Waals surface area contributed by atoms with Gasteiger partial charge >= 0.3 is 0 Å². The minimum Gasteiger partial charge on any atom is -0.124 e. The molecular formula is C16H17N2+. The standard InChI is InChI=1S/C16H17N2/c1-2-8-16(7-1)10-13-6-9-17-11-12-4-3-5-14(16)15(12)18(13)17/h3-6,9H,1-2,7-8,10-11H2/q+1. The molecule has 0 radical (unpaired) electrons. The number of rotatable bonds is 0. The molecular weight excluding hydrogens is 220 g/mol. The zero-order valence-electron chi connectivity index (χ0n) is 10.5. The van der Waals surface area contributed by atoms with Crippen LogP contribution in [0.5, 0.6) is 0 Å². The fraction of sp³-hybridized carbons (Fsp3) is 0.438. The average molecular weight is 237 g/mol. The highest BCUT2D eigenvalue weighted by Gasteiger charge is 2.46. The molecule has 1 aliphatic carbocycles. The molecule has 2 nitrogen and oxygen atoms in total. The summed E-state index contributed by atoms with van der Waals surface area (Å²) in [4.78, 5) is 0. The van der Waals surface area contributed by atoms with Gasteiger partial charge in [-0.1, -0.05) is 31.0 Å². The Morgan fingerprint density at radius 3 is 2.89 bits per heavy atom. The first-order chi connectivity index (χ1) is 8.87. The van der Waals surface area contributed by atoms with Crippen molar-refractivity contribution in [2.45, 2.75) is 44.1 Å². The van der Waals surface area contributed by atoms with Crippen molar-refractivity contribution < 1.29 is 4.68 Å². The van der Waals surface area contributed by atoms with Gasteiger partial charge in [0.1, 0.15) is 5.69 Å². The summed E-state index contributed by atoms with van der Waals surface area (Å²) < 4.78 is 4.83. The van der Waals surface area contributed by atoms with Gasteiger partial charge in [-0.2, -0.15) is 0 Å². The third kappa shape index (κ3) is 0.912. The van der Waals surface area contributed by atoms with Crippen molar-refractivity contribution in [2.24, 2.45) is 0 Å². The first-order valence-electron chi connectivity index (χ1n) is 7.11. The third-order valence-electron chi connectivity index (χ3n) is 5.28. The quantitative estimate of drug-likeness (QED) is 0.531. The Hall–Kier alpha value is -1.57. The van der Waals surface area contributed by atoms with E-state index in [2.05, 4.69) is 39.8 Å². The molecule has 1 fully saturated rings. The Balaban J connectivity index is 1.89. The third-order valence-corrected chi connectivity index (χ3v) is 5.28. The van der Waals surface area contributed by atoms with Gasteiger partial charge in [-0.15, -0.1) is 9.36 Å². The van der Waals surface area contributed by atoms with Crippen LogP contribution in [0, 0.1) is 0 Å². The number of hydrogen-bond acceptors (Lipinski definition) is 0. The zero-order valence-corrected chi connectivity index (χ0v) is 10.5. The molecule has 2 aromatic rings. The second-order valence-electron chi connectivity index (χ2n) is 6.19. The lowest BCUT2D eigenvalue weighted by atomic mass is 9.72. The Morgan fingerprint density at radius 2 is 2.00 bits per heavy atom. The Morgan fingerprint density at radius 1 is 1.11 bits per heavy atom. The van der Waals surface area contributed by atoms with Gasteiger partial charge in [0.25, 0.3) is 0 Å². The minimum atomic E-state index is 0.460. The normalized spacial score (nSPS) is 21.6. The molecule has 1 spiro atoms. The predicted molar refractivity (Wildman–Crippen MR) is 68.9 cm³/mol. The van der Waals surface area contributed by atoms with Gasteiger partial charge in [0.05, 0.1) is 5.69 Å². The summed E-state index contributed by atoms with van der Waals surface area (Å²) in [6.45, 7) is 1.05. The van der Waals surface area contributed by atoms with E-state index in [1.807, 2.05) is 0 Å². The van der Waals surface area contributed by atoms with Crippen LogP contribution in [0.2, 0.25) is 0 Å². The van der Waals surface area contributed by atoms with E-state index < -0.39 is 0 Å². The van der Waals surface area contributed by atoms with Crippen LogP contribution in [0.25, 0.3) is 5.69 Å². The van der Waals surface area contributed by atoms with E-state index in [4.69, 9.17) is 0 Å². The Labute approximate surface area is 107 Å². The number of para-hydroxylation sites is 1. The van der Waals surface area contributed by atoms with Crippen molar-refractivity contribution in [1.29, 1.82) is 0 Å². The fourth-order valence-electron chi connectivity index (χ4n) is 4.51. The fourth-order valence-corrected chi connectivity index (χ4v) is 4.51. The first-order valence-corrected chi connectivity index (χ1v) is 7.11. The molecule has 1 aromatic heterocycles. The van der Waals surface area contributed by atoms with E-state index in [0.717, 1.165) is 6.54 Å². The van der Waals surface area contributed by atoms with Gasteiger partial charge in [-0.05, 0) is 18.4 Å². The van der Waals surface area contributed by atoms with Crippen LogP contribution in [-0.4, -0.2) is 4.68 Å². The second-order valence-corrected chi connectivity index (χ2v) is 6.19. The molecule has 0 bridgehead atoms. The summed E-state index contributed by atoms with van der Waals surface area (Å²) in [5, 5.41) is 0. The highest BCUT2D eigenvalue weighted by Crippen LogP contribution is 2.49. The molecule has 0 N–H and O–H groups in total. The number of aromatic nitrogens is 2. The van der Waals surface area contributed by atoms with Gasteiger partial charge in [0.15, 0.2) is 12.7 Å². The maximum absolute atomic E-state index is 2.47. The molecule has 0 saturated heterocycles. The summed E-state index contributed by atoms with van der Waals surface area (Å²) in [5.41, 5.74) is 6.65. The van der Waals surface area contributed by atoms with Gasteiger partial charge < -0.3 is 0 Å². The van der Waals surface area contributed by atoms with Crippen LogP contribution >= 0.6 is 0 Å². The van der Waals surface area contributed by atoms with Crippen LogP contribution in [-0.2, 0) is 18.4 Å². The van der Waals surface area contributed by atoms with E-state index in [0.29, 0.717) is 5.41 Å².